The van der Waals surface area contributed by atoms with Crippen molar-refractivity contribution in [2.24, 2.45) is 0 Å². The molecule has 0 aromatic carbocycles. The van der Waals surface area contributed by atoms with Crippen LogP contribution in [0.1, 0.15) is 29.3 Å². The molecule has 0 saturated heterocycles. The van der Waals surface area contributed by atoms with Crippen molar-refractivity contribution < 1.29 is 27.9 Å². The number of nitrogens with one attached hydrogen (secondary N) is 2. The number of carboxylic acids is 1. The zero-order valence-electron chi connectivity index (χ0n) is 10.6. The maximum atomic E-state index is 11.5. The van der Waals surface area contributed by atoms with Crippen LogP contribution in [-0.4, -0.2) is 36.7 Å². The van der Waals surface area contributed by atoms with Gasteiger partial charge in [0.1, 0.15) is 5.01 Å². The fraction of sp³-hybridized carbons (Fsp3) is 0.444. The molecule has 0 bridgehead atoms. The van der Waals surface area contributed by atoms with Crippen molar-refractivity contribution in [1.29, 1.82) is 0 Å². The topological polar surface area (TPSA) is 135 Å². The third-order valence-electron chi connectivity index (χ3n) is 1.74. The number of aromatic carboxylic acids is 1. The summed E-state index contributed by atoms with van der Waals surface area (Å²) >= 11 is 0.985. The summed E-state index contributed by atoms with van der Waals surface area (Å²) in [7, 11) is -4.09. The molecule has 0 radical (unpaired) electrons. The number of rotatable bonds is 6. The molecular weight excluding hydrogens is 310 g/mol. The summed E-state index contributed by atoms with van der Waals surface area (Å²) in [5, 5.41) is 10.2. The fourth-order valence-electron chi connectivity index (χ4n) is 1.03. The second-order valence-corrected chi connectivity index (χ2v) is 6.25. The quantitative estimate of drug-likeness (QED) is 0.685. The predicted octanol–water partition coefficient (Wildman–Crippen LogP) is 0.310. The van der Waals surface area contributed by atoms with Crippen LogP contribution < -0.4 is 9.44 Å². The van der Waals surface area contributed by atoms with Crippen LogP contribution in [0.2, 0.25) is 0 Å². The van der Waals surface area contributed by atoms with Gasteiger partial charge in [-0.2, -0.15) is 13.1 Å². The molecule has 0 atom stereocenters. The van der Waals surface area contributed by atoms with Gasteiger partial charge in [0.15, 0.2) is 5.69 Å². The maximum Gasteiger partial charge on any atom is 0.422 e. The van der Waals surface area contributed by atoms with E-state index in [4.69, 9.17) is 5.11 Å². The molecule has 1 aromatic rings. The van der Waals surface area contributed by atoms with Crippen molar-refractivity contribution in [2.45, 2.75) is 26.5 Å². The van der Waals surface area contributed by atoms with Crippen molar-refractivity contribution in [2.75, 3.05) is 0 Å². The normalized spacial score (nSPS) is 11.3. The van der Waals surface area contributed by atoms with Crippen LogP contribution in [0.4, 0.5) is 4.79 Å². The van der Waals surface area contributed by atoms with E-state index in [1.807, 2.05) is 4.72 Å². The minimum atomic E-state index is -4.09. The summed E-state index contributed by atoms with van der Waals surface area (Å²) in [5.74, 6) is -1.20. The van der Waals surface area contributed by atoms with E-state index in [2.05, 4.69) is 9.72 Å². The molecular formula is C9H13N3O6S2. The summed E-state index contributed by atoms with van der Waals surface area (Å²) in [4.78, 5) is 25.4. The highest BCUT2D eigenvalue weighted by molar-refractivity contribution is 7.88. The molecule has 0 aliphatic rings. The molecule has 0 fully saturated rings. The molecule has 20 heavy (non-hydrogen) atoms. The highest BCUT2D eigenvalue weighted by atomic mass is 32.2. The van der Waals surface area contributed by atoms with Crippen LogP contribution in [0, 0.1) is 0 Å². The zero-order chi connectivity index (χ0) is 15.3. The van der Waals surface area contributed by atoms with Crippen LogP contribution in [0.25, 0.3) is 0 Å². The number of hydrogen-bond donors (Lipinski definition) is 3. The number of nitrogens with zero attached hydrogens (tertiary/aromatic N) is 1. The fourth-order valence-corrected chi connectivity index (χ4v) is 2.50. The molecule has 1 amide bonds. The lowest BCUT2D eigenvalue weighted by Crippen LogP contribution is -2.40. The molecule has 0 spiro atoms. The van der Waals surface area contributed by atoms with Gasteiger partial charge in [-0.25, -0.2) is 19.3 Å². The first-order chi connectivity index (χ1) is 9.19. The molecule has 1 heterocycles. The first-order valence-electron chi connectivity index (χ1n) is 5.35. The van der Waals surface area contributed by atoms with E-state index in [0.717, 1.165) is 11.3 Å². The number of hydrogen-bond acceptors (Lipinski definition) is 7. The number of aromatic nitrogens is 1. The minimum absolute atomic E-state index is 0.170. The largest absolute Gasteiger partial charge is 0.476 e. The Kier molecular flexibility index (Phi) is 5.42. The number of carboxylic acid groups (broad SMARTS) is 1. The Bertz CT molecular complexity index is 595. The average molecular weight is 323 g/mol. The summed E-state index contributed by atoms with van der Waals surface area (Å²) in [5.41, 5.74) is -0.170. The first-order valence-corrected chi connectivity index (χ1v) is 7.71. The van der Waals surface area contributed by atoms with Crippen molar-refractivity contribution in [3.63, 3.8) is 0 Å². The number of carbonyl (C=O) groups excluding carboxylic acids is 1. The van der Waals surface area contributed by atoms with Gasteiger partial charge in [-0.15, -0.1) is 11.3 Å². The third-order valence-corrected chi connectivity index (χ3v) is 3.55. The van der Waals surface area contributed by atoms with Gasteiger partial charge in [0.25, 0.3) is 0 Å². The van der Waals surface area contributed by atoms with E-state index in [-0.39, 0.29) is 17.2 Å². The van der Waals surface area contributed by atoms with Crippen molar-refractivity contribution in [1.82, 2.24) is 14.4 Å². The molecule has 0 saturated carbocycles. The predicted molar refractivity (Wildman–Crippen MR) is 69.6 cm³/mol. The molecule has 112 valence electrons. The van der Waals surface area contributed by atoms with Crippen LogP contribution in [0.5, 0.6) is 0 Å². The first kappa shape index (κ1) is 16.3. The van der Waals surface area contributed by atoms with Gasteiger partial charge in [0.2, 0.25) is 0 Å². The van der Waals surface area contributed by atoms with Crippen LogP contribution in [-0.2, 0) is 21.5 Å². The van der Waals surface area contributed by atoms with Crippen LogP contribution >= 0.6 is 11.3 Å². The monoisotopic (exact) mass is 323 g/mol. The lowest BCUT2D eigenvalue weighted by molar-refractivity contribution is 0.0691. The number of carbonyl (C=O) groups is 2. The zero-order valence-corrected chi connectivity index (χ0v) is 12.2. The van der Waals surface area contributed by atoms with E-state index in [1.54, 1.807) is 18.6 Å². The summed E-state index contributed by atoms with van der Waals surface area (Å²) in [6, 6.07) is 0. The second kappa shape index (κ2) is 6.63. The lowest BCUT2D eigenvalue weighted by Gasteiger charge is -2.10. The average Bonchev–Trinajstić information content (AvgIpc) is 2.73. The smallest absolute Gasteiger partial charge is 0.422 e. The molecule has 3 N–H and O–H groups in total. The Morgan fingerprint density at radius 2 is 2.15 bits per heavy atom. The van der Waals surface area contributed by atoms with Gasteiger partial charge in [0, 0.05) is 5.38 Å². The molecule has 0 aliphatic heterocycles. The lowest BCUT2D eigenvalue weighted by atomic mass is 10.5. The van der Waals surface area contributed by atoms with Gasteiger partial charge in [-0.1, -0.05) is 0 Å². The van der Waals surface area contributed by atoms with Crippen molar-refractivity contribution in [3.8, 4) is 0 Å². The molecule has 1 rings (SSSR count). The SMILES string of the molecule is CC(C)OC(=O)NS(=O)(=O)NCc1nc(C(=O)O)cs1. The van der Waals surface area contributed by atoms with Crippen LogP contribution in [0.15, 0.2) is 5.38 Å². The van der Waals surface area contributed by atoms with Crippen molar-refractivity contribution in [3.05, 3.63) is 16.1 Å². The third kappa shape index (κ3) is 5.50. The number of ether oxygens (including phenoxy) is 1. The van der Waals surface area contributed by atoms with E-state index in [1.165, 1.54) is 5.38 Å². The number of thiazole rings is 1. The number of amides is 1. The second-order valence-electron chi connectivity index (χ2n) is 3.81. The van der Waals surface area contributed by atoms with Gasteiger partial charge in [-0.3, -0.25) is 0 Å². The summed E-state index contributed by atoms with van der Waals surface area (Å²) in [6.45, 7) is 2.91. The van der Waals surface area contributed by atoms with Gasteiger partial charge < -0.3 is 9.84 Å². The maximum absolute atomic E-state index is 11.5. The van der Waals surface area contributed by atoms with Crippen molar-refractivity contribution >= 4 is 33.6 Å². The van der Waals surface area contributed by atoms with Gasteiger partial charge >= 0.3 is 22.3 Å². The molecule has 1 aromatic heterocycles. The molecule has 0 unspecified atom stereocenters. The highest BCUT2D eigenvalue weighted by Crippen LogP contribution is 2.09. The van der Waals surface area contributed by atoms with E-state index < -0.39 is 28.4 Å². The Morgan fingerprint density at radius 3 is 2.65 bits per heavy atom. The molecule has 11 heteroatoms. The minimum Gasteiger partial charge on any atom is -0.476 e. The van der Waals surface area contributed by atoms with E-state index in [9.17, 15) is 18.0 Å². The van der Waals surface area contributed by atoms with Gasteiger partial charge in [0.05, 0.1) is 12.6 Å². The van der Waals surface area contributed by atoms with E-state index >= 15 is 0 Å². The Balaban J connectivity index is 2.54. The summed E-state index contributed by atoms with van der Waals surface area (Å²) < 4.78 is 31.3. The Labute approximate surface area is 119 Å². The van der Waals surface area contributed by atoms with Gasteiger partial charge in [-0.05, 0) is 13.8 Å². The standard InChI is InChI=1S/C9H13N3O6S2/c1-5(2)18-9(15)12-20(16,17)10-3-7-11-6(4-19-7)8(13)14/h4-5,10H,3H2,1-2H3,(H,12,15)(H,13,14). The molecule has 0 aliphatic carbocycles. The van der Waals surface area contributed by atoms with Crippen LogP contribution in [0.3, 0.4) is 0 Å². The molecule has 9 nitrogen and oxygen atoms in total. The Morgan fingerprint density at radius 1 is 1.50 bits per heavy atom. The summed E-state index contributed by atoms with van der Waals surface area (Å²) in [6.07, 6.45) is -1.56. The Hall–Kier alpha value is -1.72. The van der Waals surface area contributed by atoms with E-state index in [0.29, 0.717) is 0 Å². The highest BCUT2D eigenvalue weighted by Gasteiger charge is 2.17.